The zero-order valence-corrected chi connectivity index (χ0v) is 20.9. The number of hydrogen-bond donors (Lipinski definition) is 3. The summed E-state index contributed by atoms with van der Waals surface area (Å²) in [6.07, 6.45) is 11.0. The van der Waals surface area contributed by atoms with E-state index in [1.54, 1.807) is 0 Å². The van der Waals surface area contributed by atoms with E-state index in [2.05, 4.69) is 19.1 Å². The molecule has 0 aliphatic heterocycles. The third-order valence-corrected chi connectivity index (χ3v) is 7.29. The van der Waals surface area contributed by atoms with E-state index in [0.29, 0.717) is 24.4 Å². The van der Waals surface area contributed by atoms with Gasteiger partial charge in [-0.1, -0.05) is 69.7 Å². The predicted molar refractivity (Wildman–Crippen MR) is 151 cm³/mol. The second-order valence-electron chi connectivity index (χ2n) is 8.79. The number of aliphatic hydroxyl groups excluding tert-OH is 1. The summed E-state index contributed by atoms with van der Waals surface area (Å²) in [5.74, 6) is -0.561. The number of thioether (sulfide) groups is 1. The maximum absolute atomic E-state index is 11.7. The van der Waals surface area contributed by atoms with Crippen LogP contribution in [0.1, 0.15) is 93.3 Å². The average Bonchev–Trinajstić information content (AvgIpc) is 2.81. The van der Waals surface area contributed by atoms with Gasteiger partial charge in [0.25, 0.3) is 0 Å². The summed E-state index contributed by atoms with van der Waals surface area (Å²) in [4.78, 5) is 22.5. The number of carbonyl (C=O) groups is 1. The van der Waals surface area contributed by atoms with Crippen molar-refractivity contribution in [3.63, 3.8) is 0 Å². The Morgan fingerprint density at radius 3 is 2.25 bits per heavy atom. The van der Waals surface area contributed by atoms with Gasteiger partial charge in [0.2, 0.25) is 5.43 Å². The number of benzene rings is 1. The first-order valence-corrected chi connectivity index (χ1v) is 13.4. The summed E-state index contributed by atoms with van der Waals surface area (Å²) in [5.41, 5.74) is 1.72. The van der Waals surface area contributed by atoms with Crippen LogP contribution in [-0.4, -0.2) is 86.5 Å². The molecule has 2 rings (SSSR count). The molecule has 0 saturated carbocycles. The van der Waals surface area contributed by atoms with E-state index in [-0.39, 0.29) is 70.8 Å². The molecule has 2 unspecified atom stereocenters. The first kappa shape index (κ1) is 35.8. The number of hydrogen-bond acceptors (Lipinski definition) is 6. The normalized spacial score (nSPS) is 12.3. The van der Waals surface area contributed by atoms with Gasteiger partial charge in [0, 0.05) is 12.5 Å². The van der Waals surface area contributed by atoms with Crippen molar-refractivity contribution < 1.29 is 24.5 Å². The molecule has 0 aliphatic rings. The monoisotopic (exact) mass is 538 g/mol. The van der Waals surface area contributed by atoms with Crippen molar-refractivity contribution in [3.8, 4) is 5.75 Å². The Morgan fingerprint density at radius 1 is 1.00 bits per heavy atom. The zero-order chi connectivity index (χ0) is 24.8. The van der Waals surface area contributed by atoms with E-state index in [1.807, 2.05) is 12.1 Å². The van der Waals surface area contributed by atoms with Gasteiger partial charge in [-0.25, -0.2) is 0 Å². The molecule has 36 heavy (non-hydrogen) atoms. The molecule has 6 nitrogen and oxygen atoms in total. The maximum atomic E-state index is 11.7. The summed E-state index contributed by atoms with van der Waals surface area (Å²) in [6.45, 7) is 2.23. The molecule has 0 saturated heterocycles. The van der Waals surface area contributed by atoms with E-state index in [0.717, 1.165) is 18.2 Å². The average molecular weight is 539 g/mol. The molecule has 9 heteroatoms. The van der Waals surface area contributed by atoms with Crippen LogP contribution in [0.15, 0.2) is 45.8 Å². The molecule has 1 aromatic heterocycles. The molecule has 0 aliphatic carbocycles. The van der Waals surface area contributed by atoms with Gasteiger partial charge in [-0.15, -0.1) is 11.8 Å². The molecule has 2 aromatic rings. The number of aryl methyl sites for hydroxylation is 1. The molecule has 192 valence electrons. The van der Waals surface area contributed by atoms with E-state index < -0.39 is 23.3 Å². The number of aliphatic hydroxyl groups is 1. The fourth-order valence-corrected chi connectivity index (χ4v) is 5.10. The van der Waals surface area contributed by atoms with Gasteiger partial charge in [-0.05, 0) is 36.8 Å². The molecule has 1 aromatic carbocycles. The summed E-state index contributed by atoms with van der Waals surface area (Å²) >= 11 is 1.43. The number of aliphatic carboxylic acids is 1. The third kappa shape index (κ3) is 14.1. The van der Waals surface area contributed by atoms with E-state index in [9.17, 15) is 19.8 Å². The van der Waals surface area contributed by atoms with Gasteiger partial charge in [-0.2, -0.15) is 0 Å². The summed E-state index contributed by atoms with van der Waals surface area (Å²) in [7, 11) is 0. The van der Waals surface area contributed by atoms with Gasteiger partial charge in [0.15, 0.2) is 5.75 Å². The number of unbranched alkanes of at least 4 members (excludes halogenated alkanes) is 6. The van der Waals surface area contributed by atoms with E-state index >= 15 is 0 Å². The Labute approximate surface area is 263 Å². The standard InChI is InChI=1S/C27H38O6S.2Na.2H/c1-2-3-4-5-6-7-8-10-20-13-15-21(16-14-20)27(23(28)11-9-12-26(31)32)34-19-22-17-24(29)25(30)18-33-22;;;;/h13-18,23,27-28,30H,2-12,19H2,1H3,(H,31,32);;;;. The Kier molecular flexibility index (Phi) is 20.5. The first-order valence-electron chi connectivity index (χ1n) is 12.3. The van der Waals surface area contributed by atoms with Crippen LogP contribution in [0.25, 0.3) is 0 Å². The van der Waals surface area contributed by atoms with Crippen LogP contribution in [0, 0.1) is 0 Å². The summed E-state index contributed by atoms with van der Waals surface area (Å²) in [5, 5.41) is 28.8. The van der Waals surface area contributed by atoms with E-state index in [4.69, 9.17) is 9.52 Å². The Hall–Kier alpha value is -0.250. The van der Waals surface area contributed by atoms with Crippen molar-refractivity contribution in [1.82, 2.24) is 0 Å². The number of carboxylic acids is 1. The van der Waals surface area contributed by atoms with Crippen LogP contribution < -0.4 is 5.43 Å². The molecule has 0 spiro atoms. The minimum atomic E-state index is -0.878. The van der Waals surface area contributed by atoms with Crippen LogP contribution in [0.5, 0.6) is 5.75 Å². The van der Waals surface area contributed by atoms with Crippen molar-refractivity contribution in [1.29, 1.82) is 0 Å². The number of aromatic hydroxyl groups is 1. The predicted octanol–water partition coefficient (Wildman–Crippen LogP) is 4.93. The number of rotatable bonds is 17. The van der Waals surface area contributed by atoms with Gasteiger partial charge in [-0.3, -0.25) is 9.59 Å². The van der Waals surface area contributed by atoms with Crippen LogP contribution in [0.3, 0.4) is 0 Å². The molecule has 1 heterocycles. The second-order valence-corrected chi connectivity index (χ2v) is 9.92. The molecule has 3 N–H and O–H groups in total. The van der Waals surface area contributed by atoms with Gasteiger partial charge in [0.1, 0.15) is 12.0 Å². The molecular weight excluding hydrogens is 498 g/mol. The Bertz CT molecular complexity index is 919. The quantitative estimate of drug-likeness (QED) is 0.194. The molecule has 0 fully saturated rings. The molecule has 0 bridgehead atoms. The molecule has 0 amide bonds. The zero-order valence-electron chi connectivity index (χ0n) is 20.1. The fraction of sp³-hybridized carbons (Fsp3) is 0.556. The molecule has 0 radical (unpaired) electrons. The molecular formula is C27H40Na2O6S. The van der Waals surface area contributed by atoms with Crippen molar-refractivity contribution in [2.45, 2.75) is 94.7 Å². The second kappa shape index (κ2) is 20.7. The minimum absolute atomic E-state index is 0. The Morgan fingerprint density at radius 2 is 1.64 bits per heavy atom. The topological polar surface area (TPSA) is 108 Å². The van der Waals surface area contributed by atoms with Gasteiger partial charge < -0.3 is 19.7 Å². The number of carboxylic acid groups (broad SMARTS) is 1. The molecule has 2 atom stereocenters. The SMILES string of the molecule is CCCCCCCCCc1ccc(C(SCc2cc(=O)c(O)co2)C(O)CCCC(=O)O)cc1.[NaH].[NaH]. The third-order valence-electron chi connectivity index (χ3n) is 5.89. The van der Waals surface area contributed by atoms with Gasteiger partial charge >= 0.3 is 65.1 Å². The first-order chi connectivity index (χ1) is 16.4. The Balaban J connectivity index is 0.00000612. The van der Waals surface area contributed by atoms with Crippen molar-refractivity contribution in [3.05, 3.63) is 63.7 Å². The van der Waals surface area contributed by atoms with Crippen LogP contribution >= 0.6 is 11.8 Å². The van der Waals surface area contributed by atoms with Crippen LogP contribution in [0.4, 0.5) is 0 Å². The van der Waals surface area contributed by atoms with Crippen molar-refractivity contribution in [2.75, 3.05) is 0 Å². The fourth-order valence-electron chi connectivity index (χ4n) is 3.89. The summed E-state index contributed by atoms with van der Waals surface area (Å²) < 4.78 is 5.29. The van der Waals surface area contributed by atoms with Crippen LogP contribution in [-0.2, 0) is 17.0 Å². The van der Waals surface area contributed by atoms with Crippen molar-refractivity contribution in [2.24, 2.45) is 0 Å². The van der Waals surface area contributed by atoms with E-state index in [1.165, 1.54) is 68.3 Å². The van der Waals surface area contributed by atoms with Gasteiger partial charge in [0.05, 0.1) is 17.1 Å². The van der Waals surface area contributed by atoms with Crippen LogP contribution in [0.2, 0.25) is 0 Å². The summed E-state index contributed by atoms with van der Waals surface area (Å²) in [6, 6.07) is 9.51. The van der Waals surface area contributed by atoms with Crippen molar-refractivity contribution >= 4 is 76.8 Å².